The Bertz CT molecular complexity index is 1510. The minimum Gasteiger partial charge on any atom is -0.454 e. The summed E-state index contributed by atoms with van der Waals surface area (Å²) < 4.78 is 12.5. The molecular formula is C29H28ClN3O4. The first-order valence-corrected chi connectivity index (χ1v) is 12.7. The topological polar surface area (TPSA) is 73.7 Å². The van der Waals surface area contributed by atoms with Gasteiger partial charge in [0.15, 0.2) is 11.5 Å². The Morgan fingerprint density at radius 1 is 1.05 bits per heavy atom. The number of hydrogen-bond donors (Lipinski definition) is 0. The van der Waals surface area contributed by atoms with E-state index in [-0.39, 0.29) is 24.2 Å². The van der Waals surface area contributed by atoms with Crippen molar-refractivity contribution in [3.63, 3.8) is 0 Å². The Morgan fingerprint density at radius 2 is 1.78 bits per heavy atom. The summed E-state index contributed by atoms with van der Waals surface area (Å²) in [7, 11) is 0. The quantitative estimate of drug-likeness (QED) is 0.300. The van der Waals surface area contributed by atoms with Crippen molar-refractivity contribution in [2.45, 2.75) is 33.2 Å². The molecule has 1 amide bonds. The number of halogens is 1. The van der Waals surface area contributed by atoms with E-state index in [0.29, 0.717) is 57.5 Å². The number of fused-ring (bicyclic) bond motifs is 2. The second kappa shape index (κ2) is 10.3. The summed E-state index contributed by atoms with van der Waals surface area (Å²) in [5.74, 6) is 1.69. The lowest BCUT2D eigenvalue weighted by Gasteiger charge is -2.33. The molecule has 3 aromatic carbocycles. The molecule has 0 N–H and O–H groups in total. The standard InChI is InChI=1S/C29H28ClN3O4/c1-4-24(32(16-18(2)3)28(34)19-9-14-25-26(15-19)37-17-36-25)27-31-23-8-6-5-7-22(23)29(35)33(27)21-12-10-20(30)11-13-21/h5-15,18,24H,4,16-17H2,1-3H3. The minimum absolute atomic E-state index is 0.134. The highest BCUT2D eigenvalue weighted by molar-refractivity contribution is 6.30. The van der Waals surface area contributed by atoms with Crippen molar-refractivity contribution in [3.8, 4) is 17.2 Å². The van der Waals surface area contributed by atoms with Crippen molar-refractivity contribution in [2.24, 2.45) is 5.92 Å². The Morgan fingerprint density at radius 3 is 2.51 bits per heavy atom. The molecule has 0 saturated heterocycles. The first kappa shape index (κ1) is 24.8. The van der Waals surface area contributed by atoms with Crippen LogP contribution in [-0.4, -0.2) is 33.7 Å². The van der Waals surface area contributed by atoms with Gasteiger partial charge in [-0.2, -0.15) is 0 Å². The summed E-state index contributed by atoms with van der Waals surface area (Å²) in [6.45, 7) is 6.74. The van der Waals surface area contributed by atoms with Crippen molar-refractivity contribution in [2.75, 3.05) is 13.3 Å². The average molecular weight is 518 g/mol. The molecule has 190 valence electrons. The van der Waals surface area contributed by atoms with E-state index >= 15 is 0 Å². The van der Waals surface area contributed by atoms with Crippen LogP contribution >= 0.6 is 11.6 Å². The monoisotopic (exact) mass is 517 g/mol. The van der Waals surface area contributed by atoms with Gasteiger partial charge in [-0.25, -0.2) is 4.98 Å². The van der Waals surface area contributed by atoms with Crippen LogP contribution in [0.5, 0.6) is 11.5 Å². The van der Waals surface area contributed by atoms with Gasteiger partial charge in [0, 0.05) is 17.1 Å². The fourth-order valence-electron chi connectivity index (χ4n) is 4.70. The van der Waals surface area contributed by atoms with Crippen molar-refractivity contribution in [3.05, 3.63) is 93.5 Å². The Kier molecular flexibility index (Phi) is 6.89. The third-order valence-corrected chi connectivity index (χ3v) is 6.64. The molecule has 0 radical (unpaired) electrons. The largest absolute Gasteiger partial charge is 0.454 e. The van der Waals surface area contributed by atoms with Gasteiger partial charge in [-0.1, -0.05) is 44.5 Å². The normalized spacial score (nSPS) is 13.2. The minimum atomic E-state index is -0.465. The van der Waals surface area contributed by atoms with E-state index in [1.807, 2.05) is 30.0 Å². The fourth-order valence-corrected chi connectivity index (χ4v) is 4.82. The van der Waals surface area contributed by atoms with Crippen LogP contribution in [0.15, 0.2) is 71.5 Å². The van der Waals surface area contributed by atoms with Gasteiger partial charge in [-0.15, -0.1) is 0 Å². The molecule has 1 unspecified atom stereocenters. The average Bonchev–Trinajstić information content (AvgIpc) is 3.37. The summed E-state index contributed by atoms with van der Waals surface area (Å²) >= 11 is 6.15. The Hall–Kier alpha value is -3.84. The first-order valence-electron chi connectivity index (χ1n) is 12.4. The molecule has 1 atom stereocenters. The van der Waals surface area contributed by atoms with E-state index in [1.165, 1.54) is 0 Å². The molecule has 1 aliphatic heterocycles. The predicted molar refractivity (Wildman–Crippen MR) is 144 cm³/mol. The van der Waals surface area contributed by atoms with Gasteiger partial charge in [0.1, 0.15) is 5.82 Å². The molecule has 0 bridgehead atoms. The second-order valence-electron chi connectivity index (χ2n) is 9.45. The number of aromatic nitrogens is 2. The Balaban J connectivity index is 1.69. The van der Waals surface area contributed by atoms with Gasteiger partial charge in [0.2, 0.25) is 6.79 Å². The number of carbonyl (C=O) groups excluding carboxylic acids is 1. The zero-order valence-corrected chi connectivity index (χ0v) is 21.7. The highest BCUT2D eigenvalue weighted by Crippen LogP contribution is 2.34. The number of hydrogen-bond acceptors (Lipinski definition) is 5. The third-order valence-electron chi connectivity index (χ3n) is 6.39. The number of rotatable bonds is 7. The highest BCUT2D eigenvalue weighted by atomic mass is 35.5. The van der Waals surface area contributed by atoms with Gasteiger partial charge in [-0.05, 0) is 66.9 Å². The van der Waals surface area contributed by atoms with Crippen LogP contribution in [0, 0.1) is 5.92 Å². The molecule has 8 heteroatoms. The van der Waals surface area contributed by atoms with Crippen LogP contribution in [0.2, 0.25) is 5.02 Å². The molecule has 0 spiro atoms. The SMILES string of the molecule is CCC(c1nc2ccccc2c(=O)n1-c1ccc(Cl)cc1)N(CC(C)C)C(=O)c1ccc2c(c1)OCO2. The molecule has 2 heterocycles. The molecule has 0 fully saturated rings. The zero-order chi connectivity index (χ0) is 26.1. The highest BCUT2D eigenvalue weighted by Gasteiger charge is 2.31. The van der Waals surface area contributed by atoms with Gasteiger partial charge < -0.3 is 14.4 Å². The van der Waals surface area contributed by atoms with E-state index in [9.17, 15) is 9.59 Å². The maximum absolute atomic E-state index is 14.0. The molecular weight excluding hydrogens is 490 g/mol. The summed E-state index contributed by atoms with van der Waals surface area (Å²) in [5, 5.41) is 1.08. The number of amides is 1. The van der Waals surface area contributed by atoms with Crippen molar-refractivity contribution < 1.29 is 14.3 Å². The van der Waals surface area contributed by atoms with E-state index in [0.717, 1.165) is 0 Å². The maximum Gasteiger partial charge on any atom is 0.266 e. The molecule has 37 heavy (non-hydrogen) atoms. The fraction of sp³-hybridized carbons (Fsp3) is 0.276. The predicted octanol–water partition coefficient (Wildman–Crippen LogP) is 6.02. The van der Waals surface area contributed by atoms with Crippen LogP contribution in [-0.2, 0) is 0 Å². The van der Waals surface area contributed by atoms with E-state index in [2.05, 4.69) is 13.8 Å². The van der Waals surface area contributed by atoms with Crippen LogP contribution in [0.3, 0.4) is 0 Å². The number of ether oxygens (including phenoxy) is 2. The van der Waals surface area contributed by atoms with Crippen LogP contribution in [0.25, 0.3) is 16.6 Å². The van der Waals surface area contributed by atoms with Crippen molar-refractivity contribution in [1.29, 1.82) is 0 Å². The molecule has 1 aromatic heterocycles. The summed E-state index contributed by atoms with van der Waals surface area (Å²) in [6.07, 6.45) is 0.557. The lowest BCUT2D eigenvalue weighted by atomic mass is 10.0. The van der Waals surface area contributed by atoms with Crippen molar-refractivity contribution >= 4 is 28.4 Å². The van der Waals surface area contributed by atoms with Gasteiger partial charge >= 0.3 is 0 Å². The van der Waals surface area contributed by atoms with E-state index in [1.54, 1.807) is 53.1 Å². The number of para-hydroxylation sites is 1. The van der Waals surface area contributed by atoms with Gasteiger partial charge in [0.05, 0.1) is 22.6 Å². The van der Waals surface area contributed by atoms with E-state index < -0.39 is 6.04 Å². The maximum atomic E-state index is 14.0. The Labute approximate surface area is 220 Å². The van der Waals surface area contributed by atoms with Gasteiger partial charge in [-0.3, -0.25) is 14.2 Å². The first-order chi connectivity index (χ1) is 17.9. The van der Waals surface area contributed by atoms with Crippen LogP contribution < -0.4 is 15.0 Å². The molecule has 5 rings (SSSR count). The summed E-state index contributed by atoms with van der Waals surface area (Å²) in [6, 6.07) is 19.1. The lowest BCUT2D eigenvalue weighted by molar-refractivity contribution is 0.0631. The molecule has 7 nitrogen and oxygen atoms in total. The van der Waals surface area contributed by atoms with Crippen molar-refractivity contribution in [1.82, 2.24) is 14.5 Å². The molecule has 4 aromatic rings. The lowest BCUT2D eigenvalue weighted by Crippen LogP contribution is -2.40. The molecule has 1 aliphatic rings. The smallest absolute Gasteiger partial charge is 0.266 e. The van der Waals surface area contributed by atoms with E-state index in [4.69, 9.17) is 26.1 Å². The summed E-state index contributed by atoms with van der Waals surface area (Å²) in [4.78, 5) is 34.6. The molecule has 0 saturated carbocycles. The zero-order valence-electron chi connectivity index (χ0n) is 21.0. The molecule has 0 aliphatic carbocycles. The number of benzene rings is 3. The third kappa shape index (κ3) is 4.79. The van der Waals surface area contributed by atoms with Gasteiger partial charge in [0.25, 0.3) is 11.5 Å². The van der Waals surface area contributed by atoms with Crippen LogP contribution in [0.4, 0.5) is 0 Å². The van der Waals surface area contributed by atoms with Crippen LogP contribution in [0.1, 0.15) is 49.4 Å². The summed E-state index contributed by atoms with van der Waals surface area (Å²) in [5.41, 5.74) is 1.53. The number of nitrogens with zero attached hydrogens (tertiary/aromatic N) is 3. The second-order valence-corrected chi connectivity index (χ2v) is 9.88. The number of carbonyl (C=O) groups is 1.